The number of piperidine rings is 1. The first-order valence-electron chi connectivity index (χ1n) is 10.4. The molecule has 2 aliphatic heterocycles. The molecule has 0 radical (unpaired) electrons. The Hall–Kier alpha value is -3.52. The Kier molecular flexibility index (Phi) is 4.59. The van der Waals surface area contributed by atoms with E-state index in [0.29, 0.717) is 12.5 Å². The Morgan fingerprint density at radius 1 is 1.00 bits per heavy atom. The summed E-state index contributed by atoms with van der Waals surface area (Å²) in [6, 6.07) is 12.6. The third-order valence-electron chi connectivity index (χ3n) is 6.18. The fourth-order valence-corrected chi connectivity index (χ4v) is 4.28. The number of rotatable bonds is 5. The van der Waals surface area contributed by atoms with Gasteiger partial charge >= 0.3 is 0 Å². The summed E-state index contributed by atoms with van der Waals surface area (Å²) < 4.78 is 0. The van der Waals surface area contributed by atoms with E-state index in [0.717, 1.165) is 22.6 Å². The number of carbonyl (C=O) groups is 4. The van der Waals surface area contributed by atoms with E-state index in [-0.39, 0.29) is 35.9 Å². The van der Waals surface area contributed by atoms with Crippen molar-refractivity contribution in [3.63, 3.8) is 0 Å². The lowest BCUT2D eigenvalue weighted by molar-refractivity contribution is -0.136. The predicted molar refractivity (Wildman–Crippen MR) is 112 cm³/mol. The first-order chi connectivity index (χ1) is 14.9. The van der Waals surface area contributed by atoms with Crippen LogP contribution in [0.15, 0.2) is 42.5 Å². The molecule has 1 saturated carbocycles. The monoisotopic (exact) mass is 418 g/mol. The number of anilines is 1. The zero-order chi connectivity index (χ0) is 21.7. The van der Waals surface area contributed by atoms with Gasteiger partial charge in [0.15, 0.2) is 0 Å². The third-order valence-corrected chi connectivity index (χ3v) is 6.18. The Morgan fingerprint density at radius 2 is 1.71 bits per heavy atom. The minimum atomic E-state index is -0.954. The van der Waals surface area contributed by atoms with E-state index in [1.54, 1.807) is 18.2 Å². The number of benzene rings is 2. The van der Waals surface area contributed by atoms with Crippen molar-refractivity contribution in [2.24, 2.45) is 5.73 Å². The van der Waals surface area contributed by atoms with Gasteiger partial charge in [-0.2, -0.15) is 0 Å². The van der Waals surface area contributed by atoms with Crippen molar-refractivity contribution in [2.45, 2.75) is 43.8 Å². The smallest absolute Gasteiger partial charge is 0.262 e. The van der Waals surface area contributed by atoms with Gasteiger partial charge in [-0.1, -0.05) is 18.2 Å². The van der Waals surface area contributed by atoms with Crippen molar-refractivity contribution >= 4 is 29.3 Å². The molecule has 2 fully saturated rings. The molecule has 8 heteroatoms. The van der Waals surface area contributed by atoms with Crippen molar-refractivity contribution in [1.82, 2.24) is 10.2 Å². The summed E-state index contributed by atoms with van der Waals surface area (Å²) in [7, 11) is 0. The van der Waals surface area contributed by atoms with E-state index >= 15 is 0 Å². The number of nitrogens with zero attached hydrogens (tertiary/aromatic N) is 1. The zero-order valence-electron chi connectivity index (χ0n) is 16.8. The zero-order valence-corrected chi connectivity index (χ0v) is 16.8. The maximum absolute atomic E-state index is 12.9. The second kappa shape index (κ2) is 7.31. The number of nitrogens with one attached hydrogen (secondary N) is 2. The summed E-state index contributed by atoms with van der Waals surface area (Å²) in [6.45, 7) is 0.482. The van der Waals surface area contributed by atoms with E-state index < -0.39 is 23.8 Å². The molecule has 1 aliphatic carbocycles. The number of hydrogen-bond donors (Lipinski definition) is 3. The Labute approximate surface area is 178 Å². The lowest BCUT2D eigenvalue weighted by Gasteiger charge is -2.27. The molecular weight excluding hydrogens is 396 g/mol. The van der Waals surface area contributed by atoms with Gasteiger partial charge in [-0.15, -0.1) is 0 Å². The van der Waals surface area contributed by atoms with Crippen LogP contribution in [0, 0.1) is 0 Å². The fourth-order valence-electron chi connectivity index (χ4n) is 4.28. The maximum atomic E-state index is 12.9. The fraction of sp³-hybridized carbons (Fsp3) is 0.304. The molecule has 0 bridgehead atoms. The topological polar surface area (TPSA) is 122 Å². The van der Waals surface area contributed by atoms with Crippen LogP contribution in [0.1, 0.15) is 57.0 Å². The molecule has 1 unspecified atom stereocenters. The van der Waals surface area contributed by atoms with Crippen LogP contribution in [0.4, 0.5) is 5.69 Å². The van der Waals surface area contributed by atoms with Crippen molar-refractivity contribution in [3.8, 4) is 0 Å². The van der Waals surface area contributed by atoms with Gasteiger partial charge in [0.25, 0.3) is 11.8 Å². The van der Waals surface area contributed by atoms with Crippen LogP contribution in [0.5, 0.6) is 0 Å². The molecule has 0 aromatic heterocycles. The molecule has 8 nitrogen and oxygen atoms in total. The molecule has 158 valence electrons. The molecule has 0 spiro atoms. The Morgan fingerprint density at radius 3 is 2.39 bits per heavy atom. The van der Waals surface area contributed by atoms with E-state index in [4.69, 9.17) is 5.73 Å². The molecule has 4 amide bonds. The highest BCUT2D eigenvalue weighted by molar-refractivity contribution is 6.23. The second-order valence-electron chi connectivity index (χ2n) is 8.31. The Balaban J connectivity index is 1.29. The summed E-state index contributed by atoms with van der Waals surface area (Å²) in [5.74, 6) is -1.53. The quantitative estimate of drug-likeness (QED) is 0.633. The summed E-state index contributed by atoms with van der Waals surface area (Å²) in [5, 5.41) is 5.52. The molecule has 3 aliphatic rings. The van der Waals surface area contributed by atoms with Crippen LogP contribution in [0.3, 0.4) is 0 Å². The van der Waals surface area contributed by atoms with E-state index in [9.17, 15) is 19.2 Å². The predicted octanol–water partition coefficient (Wildman–Crippen LogP) is 1.51. The van der Waals surface area contributed by atoms with Crippen LogP contribution in [-0.2, 0) is 16.1 Å². The number of amides is 4. The largest absolute Gasteiger partial charge is 0.381 e. The van der Waals surface area contributed by atoms with E-state index in [2.05, 4.69) is 22.8 Å². The van der Waals surface area contributed by atoms with Gasteiger partial charge in [-0.3, -0.25) is 29.4 Å². The molecule has 2 heterocycles. The molecular formula is C23H22N4O4. The van der Waals surface area contributed by atoms with Gasteiger partial charge in [-0.05, 0) is 48.2 Å². The van der Waals surface area contributed by atoms with E-state index in [1.165, 1.54) is 5.56 Å². The summed E-state index contributed by atoms with van der Waals surface area (Å²) in [4.78, 5) is 50.2. The minimum Gasteiger partial charge on any atom is -0.381 e. The van der Waals surface area contributed by atoms with Crippen LogP contribution in [0.2, 0.25) is 0 Å². The lowest BCUT2D eigenvalue weighted by atomic mass is 10.0. The van der Waals surface area contributed by atoms with Crippen LogP contribution in [-0.4, -0.2) is 40.6 Å². The highest BCUT2D eigenvalue weighted by Gasteiger charge is 2.44. The van der Waals surface area contributed by atoms with E-state index in [1.807, 2.05) is 12.1 Å². The third kappa shape index (κ3) is 3.48. The van der Waals surface area contributed by atoms with Gasteiger partial charge in [0.05, 0.1) is 11.1 Å². The number of nitrogens with two attached hydrogens (primary N) is 1. The average molecular weight is 418 g/mol. The van der Waals surface area contributed by atoms with Crippen LogP contribution >= 0.6 is 0 Å². The van der Waals surface area contributed by atoms with Crippen molar-refractivity contribution in [2.75, 3.05) is 5.32 Å². The molecule has 1 saturated heterocycles. The van der Waals surface area contributed by atoms with Crippen molar-refractivity contribution in [3.05, 3.63) is 64.7 Å². The Bertz CT molecular complexity index is 1110. The minimum absolute atomic E-state index is 0.102. The molecule has 3 atom stereocenters. The van der Waals surface area contributed by atoms with Crippen LogP contribution < -0.4 is 16.4 Å². The summed E-state index contributed by atoms with van der Waals surface area (Å²) >= 11 is 0. The van der Waals surface area contributed by atoms with Crippen LogP contribution in [0.25, 0.3) is 0 Å². The highest BCUT2D eigenvalue weighted by atomic mass is 16.2. The average Bonchev–Trinajstić information content (AvgIpc) is 3.44. The van der Waals surface area contributed by atoms with Gasteiger partial charge in [-0.25, -0.2) is 0 Å². The molecule has 2 aromatic rings. The normalized spacial score (nSPS) is 24.8. The van der Waals surface area contributed by atoms with Gasteiger partial charge in [0.1, 0.15) is 6.04 Å². The standard InChI is InChI=1S/C23H22N4O4/c24-18-10-16(18)13-2-4-14(5-3-13)25-11-12-1-6-15-17(9-12)23(31)27(22(15)30)19-7-8-20(28)26-21(19)29/h1-6,9,16,18-19,25H,7-8,10-11,24H2,(H,26,28,29)/t16-,18+,19?/m0/s1. The number of hydrogen-bond acceptors (Lipinski definition) is 6. The van der Waals surface area contributed by atoms with Crippen molar-refractivity contribution < 1.29 is 19.2 Å². The number of imide groups is 2. The molecule has 2 aromatic carbocycles. The van der Waals surface area contributed by atoms with Gasteiger partial charge in [0.2, 0.25) is 11.8 Å². The second-order valence-corrected chi connectivity index (χ2v) is 8.31. The highest BCUT2D eigenvalue weighted by Crippen LogP contribution is 2.39. The molecule has 4 N–H and O–H groups in total. The SMILES string of the molecule is N[C@@H]1C[C@H]1c1ccc(NCc2ccc3c(c2)C(=O)N(C2CCC(=O)NC2=O)C3=O)cc1. The maximum Gasteiger partial charge on any atom is 0.262 e. The summed E-state index contributed by atoms with van der Waals surface area (Å²) in [6.07, 6.45) is 1.28. The summed E-state index contributed by atoms with van der Waals surface area (Å²) in [5.41, 5.74) is 9.51. The van der Waals surface area contributed by atoms with Gasteiger partial charge in [0, 0.05) is 30.6 Å². The number of fused-ring (bicyclic) bond motifs is 1. The van der Waals surface area contributed by atoms with Crippen molar-refractivity contribution in [1.29, 1.82) is 0 Å². The molecule has 5 rings (SSSR count). The number of carbonyl (C=O) groups excluding carboxylic acids is 4. The van der Waals surface area contributed by atoms with Gasteiger partial charge < -0.3 is 11.1 Å². The first kappa shape index (κ1) is 19.4. The first-order valence-corrected chi connectivity index (χ1v) is 10.4. The molecule has 31 heavy (non-hydrogen) atoms. The lowest BCUT2D eigenvalue weighted by Crippen LogP contribution is -2.54.